The van der Waals surface area contributed by atoms with Crippen molar-refractivity contribution in [1.29, 1.82) is 0 Å². The maximum absolute atomic E-state index is 13.3. The molecule has 110 valence electrons. The minimum Gasteiger partial charge on any atom is -0.492 e. The molecule has 0 saturated carbocycles. The van der Waals surface area contributed by atoms with Crippen LogP contribution in [0.5, 0.6) is 5.75 Å². The summed E-state index contributed by atoms with van der Waals surface area (Å²) < 4.78 is 32.4. The van der Waals surface area contributed by atoms with Gasteiger partial charge in [0.15, 0.2) is 0 Å². The number of carbonyl (C=O) groups excluding carboxylic acids is 1. The van der Waals surface area contributed by atoms with Gasteiger partial charge in [0.25, 0.3) is 0 Å². The van der Waals surface area contributed by atoms with E-state index in [1.807, 2.05) is 0 Å². The Bertz CT molecular complexity index is 481. The van der Waals surface area contributed by atoms with Crippen LogP contribution in [0.4, 0.5) is 8.78 Å². The number of halogens is 3. The molecule has 1 amide bonds. The van der Waals surface area contributed by atoms with Gasteiger partial charge in [-0.1, -0.05) is 15.9 Å². The van der Waals surface area contributed by atoms with Crippen LogP contribution in [0.25, 0.3) is 0 Å². The normalized spacial score (nSPS) is 22.9. The number of benzene rings is 1. The summed E-state index contributed by atoms with van der Waals surface area (Å²) >= 11 is 3.17. The van der Waals surface area contributed by atoms with Crippen molar-refractivity contribution >= 4 is 21.8 Å². The summed E-state index contributed by atoms with van der Waals surface area (Å²) in [6.45, 7) is 0.762. The number of rotatable bonds is 5. The predicted molar refractivity (Wildman–Crippen MR) is 73.7 cm³/mol. The number of amides is 1. The zero-order valence-corrected chi connectivity index (χ0v) is 12.3. The van der Waals surface area contributed by atoms with E-state index in [-0.39, 0.29) is 19.6 Å². The minimum atomic E-state index is -1.05. The fourth-order valence-corrected chi connectivity index (χ4v) is 2.73. The smallest absolute Gasteiger partial charge is 0.234 e. The van der Waals surface area contributed by atoms with E-state index in [2.05, 4.69) is 15.9 Å². The summed E-state index contributed by atoms with van der Waals surface area (Å²) in [5.41, 5.74) is 5.23. The van der Waals surface area contributed by atoms with Crippen LogP contribution in [0.1, 0.15) is 6.42 Å². The van der Waals surface area contributed by atoms with Gasteiger partial charge in [-0.2, -0.15) is 0 Å². The number of alkyl halides is 1. The maximum Gasteiger partial charge on any atom is 0.234 e. The van der Waals surface area contributed by atoms with Crippen molar-refractivity contribution in [1.82, 2.24) is 4.90 Å². The van der Waals surface area contributed by atoms with E-state index < -0.39 is 23.9 Å². The zero-order valence-electron chi connectivity index (χ0n) is 10.7. The molecule has 1 aromatic rings. The number of likely N-dealkylation sites (tertiary alicyclic amines) is 1. The molecular weight excluding hydrogens is 334 g/mol. The number of nitrogens with zero attached hydrogens (tertiary/aromatic N) is 1. The van der Waals surface area contributed by atoms with E-state index in [0.717, 1.165) is 0 Å². The Labute approximate surface area is 124 Å². The highest BCUT2D eigenvalue weighted by Gasteiger charge is 2.35. The standard InChI is InChI=1S/C13H15BrF2N2O2/c14-8-3-9(15)5-11(4-8)20-2-1-18-7-10(16)6-12(18)13(17)19/h3-5,10,12H,1-2,6-7H2,(H2,17,19)/t10-,12+/m1/s1. The summed E-state index contributed by atoms with van der Waals surface area (Å²) in [5, 5.41) is 0. The SMILES string of the molecule is NC(=O)[C@@H]1C[C@@H](F)CN1CCOc1cc(F)cc(Br)c1. The van der Waals surface area contributed by atoms with E-state index >= 15 is 0 Å². The van der Waals surface area contributed by atoms with Gasteiger partial charge in [0.05, 0.1) is 6.04 Å². The largest absolute Gasteiger partial charge is 0.492 e. The number of nitrogens with two attached hydrogens (primary N) is 1. The van der Waals surface area contributed by atoms with Gasteiger partial charge in [-0.3, -0.25) is 9.69 Å². The van der Waals surface area contributed by atoms with Gasteiger partial charge in [-0.15, -0.1) is 0 Å². The van der Waals surface area contributed by atoms with Crippen LogP contribution in [0, 0.1) is 5.82 Å². The Morgan fingerprint density at radius 3 is 2.90 bits per heavy atom. The second-order valence-electron chi connectivity index (χ2n) is 4.70. The van der Waals surface area contributed by atoms with Gasteiger partial charge in [0.1, 0.15) is 24.3 Å². The highest BCUT2D eigenvalue weighted by atomic mass is 79.9. The third-order valence-electron chi connectivity index (χ3n) is 3.16. The summed E-state index contributed by atoms with van der Waals surface area (Å²) in [7, 11) is 0. The average Bonchev–Trinajstić information content (AvgIpc) is 2.69. The van der Waals surface area contributed by atoms with E-state index in [4.69, 9.17) is 10.5 Å². The maximum atomic E-state index is 13.3. The third kappa shape index (κ3) is 3.89. The molecule has 1 aliphatic rings. The molecule has 1 fully saturated rings. The molecule has 1 saturated heterocycles. The van der Waals surface area contributed by atoms with Gasteiger partial charge in [0.2, 0.25) is 5.91 Å². The topological polar surface area (TPSA) is 55.6 Å². The first-order valence-corrected chi connectivity index (χ1v) is 7.01. The molecule has 1 heterocycles. The van der Waals surface area contributed by atoms with Gasteiger partial charge in [0, 0.05) is 30.0 Å². The first-order chi connectivity index (χ1) is 9.45. The van der Waals surface area contributed by atoms with Crippen molar-refractivity contribution in [3.05, 3.63) is 28.5 Å². The Morgan fingerprint density at radius 2 is 2.25 bits per heavy atom. The molecule has 0 spiro atoms. The van der Waals surface area contributed by atoms with Crippen LogP contribution in [-0.4, -0.2) is 42.7 Å². The van der Waals surface area contributed by atoms with Crippen LogP contribution in [-0.2, 0) is 4.79 Å². The lowest BCUT2D eigenvalue weighted by molar-refractivity contribution is -0.122. The summed E-state index contributed by atoms with van der Waals surface area (Å²) in [5.74, 6) is -0.559. The summed E-state index contributed by atoms with van der Waals surface area (Å²) in [4.78, 5) is 12.9. The molecule has 0 bridgehead atoms. The number of hydrogen-bond donors (Lipinski definition) is 1. The molecule has 1 aromatic carbocycles. The Morgan fingerprint density at radius 1 is 1.50 bits per heavy atom. The van der Waals surface area contributed by atoms with E-state index in [0.29, 0.717) is 16.8 Å². The first kappa shape index (κ1) is 15.2. The highest BCUT2D eigenvalue weighted by Crippen LogP contribution is 2.22. The molecule has 0 radical (unpaired) electrons. The van der Waals surface area contributed by atoms with Gasteiger partial charge in [-0.05, 0) is 12.1 Å². The van der Waals surface area contributed by atoms with Crippen molar-refractivity contribution < 1.29 is 18.3 Å². The average molecular weight is 349 g/mol. The molecule has 0 aliphatic carbocycles. The lowest BCUT2D eigenvalue weighted by Gasteiger charge is -2.21. The molecule has 1 aliphatic heterocycles. The van der Waals surface area contributed by atoms with Crippen LogP contribution in [0.2, 0.25) is 0 Å². The monoisotopic (exact) mass is 348 g/mol. The number of ether oxygens (including phenoxy) is 1. The quantitative estimate of drug-likeness (QED) is 0.883. The predicted octanol–water partition coefficient (Wildman–Crippen LogP) is 1.86. The van der Waals surface area contributed by atoms with Crippen LogP contribution in [0.3, 0.4) is 0 Å². The first-order valence-electron chi connectivity index (χ1n) is 6.22. The molecule has 4 nitrogen and oxygen atoms in total. The highest BCUT2D eigenvalue weighted by molar-refractivity contribution is 9.10. The van der Waals surface area contributed by atoms with Crippen LogP contribution in [0.15, 0.2) is 22.7 Å². The molecule has 0 unspecified atom stereocenters. The fraction of sp³-hybridized carbons (Fsp3) is 0.462. The van der Waals surface area contributed by atoms with Gasteiger partial charge < -0.3 is 10.5 Å². The third-order valence-corrected chi connectivity index (χ3v) is 3.62. The molecule has 2 N–H and O–H groups in total. The van der Waals surface area contributed by atoms with Crippen LogP contribution >= 0.6 is 15.9 Å². The molecule has 2 atom stereocenters. The number of hydrogen-bond acceptors (Lipinski definition) is 3. The van der Waals surface area contributed by atoms with Crippen molar-refractivity contribution in [2.75, 3.05) is 19.7 Å². The zero-order chi connectivity index (χ0) is 14.7. The van der Waals surface area contributed by atoms with Crippen molar-refractivity contribution in [2.24, 2.45) is 5.73 Å². The Balaban J connectivity index is 1.87. The molecule has 2 rings (SSSR count). The second-order valence-corrected chi connectivity index (χ2v) is 5.62. The van der Waals surface area contributed by atoms with Gasteiger partial charge in [-0.25, -0.2) is 8.78 Å². The Kier molecular flexibility index (Phi) is 4.93. The van der Waals surface area contributed by atoms with E-state index in [9.17, 15) is 13.6 Å². The summed E-state index contributed by atoms with van der Waals surface area (Å²) in [6.07, 6.45) is -0.920. The van der Waals surface area contributed by atoms with E-state index in [1.165, 1.54) is 12.1 Å². The minimum absolute atomic E-state index is 0.126. The van der Waals surface area contributed by atoms with Crippen molar-refractivity contribution in [2.45, 2.75) is 18.6 Å². The second kappa shape index (κ2) is 6.49. The lowest BCUT2D eigenvalue weighted by atomic mass is 10.2. The van der Waals surface area contributed by atoms with Crippen LogP contribution < -0.4 is 10.5 Å². The van der Waals surface area contributed by atoms with Crippen molar-refractivity contribution in [3.8, 4) is 5.75 Å². The number of carbonyl (C=O) groups is 1. The molecule has 20 heavy (non-hydrogen) atoms. The Hall–Kier alpha value is -1.21. The molecule has 0 aromatic heterocycles. The van der Waals surface area contributed by atoms with E-state index in [1.54, 1.807) is 11.0 Å². The van der Waals surface area contributed by atoms with Gasteiger partial charge >= 0.3 is 0 Å². The molecular formula is C13H15BrF2N2O2. The fourth-order valence-electron chi connectivity index (χ4n) is 2.28. The molecule has 7 heteroatoms. The number of primary amides is 1. The van der Waals surface area contributed by atoms with Crippen molar-refractivity contribution in [3.63, 3.8) is 0 Å². The lowest BCUT2D eigenvalue weighted by Crippen LogP contribution is -2.42. The summed E-state index contributed by atoms with van der Waals surface area (Å²) in [6, 6.07) is 3.63.